The number of nitrogens with zero attached hydrogens (tertiary/aromatic N) is 3. The Kier molecular flexibility index (Phi) is 5.76. The van der Waals surface area contributed by atoms with Gasteiger partial charge in [-0.15, -0.1) is 11.3 Å². The smallest absolute Gasteiger partial charge is 0.231 e. The number of nitriles is 1. The van der Waals surface area contributed by atoms with E-state index in [-0.39, 0.29) is 5.91 Å². The van der Waals surface area contributed by atoms with E-state index in [0.29, 0.717) is 23.8 Å². The molecule has 0 atom stereocenters. The summed E-state index contributed by atoms with van der Waals surface area (Å²) in [7, 11) is 0. The molecule has 0 unspecified atom stereocenters. The number of carbonyl (C=O) groups is 1. The predicted octanol–water partition coefficient (Wildman–Crippen LogP) is 2.49. The lowest BCUT2D eigenvalue weighted by molar-refractivity contribution is -0.116. The molecule has 1 N–H and O–H groups in total. The van der Waals surface area contributed by atoms with Gasteiger partial charge in [-0.25, -0.2) is 0 Å². The molecule has 0 aliphatic carbocycles. The van der Waals surface area contributed by atoms with Crippen LogP contribution in [0.4, 0.5) is 5.00 Å². The SMILES string of the molecule is N#Cc1ccsc1NC(=O)CCN1CCN(Cc2ccc3c(c2)OCO3)CC1. The van der Waals surface area contributed by atoms with Crippen molar-refractivity contribution in [3.63, 3.8) is 0 Å². The van der Waals surface area contributed by atoms with E-state index in [4.69, 9.17) is 14.7 Å². The number of amides is 1. The summed E-state index contributed by atoms with van der Waals surface area (Å²) in [6, 6.07) is 9.92. The Labute approximate surface area is 168 Å². The van der Waals surface area contributed by atoms with E-state index < -0.39 is 0 Å². The van der Waals surface area contributed by atoms with Crippen molar-refractivity contribution in [1.82, 2.24) is 9.80 Å². The first-order valence-corrected chi connectivity index (χ1v) is 10.2. The second kappa shape index (κ2) is 8.61. The lowest BCUT2D eigenvalue weighted by Crippen LogP contribution is -2.46. The summed E-state index contributed by atoms with van der Waals surface area (Å²) >= 11 is 1.38. The monoisotopic (exact) mass is 398 g/mol. The first-order valence-electron chi connectivity index (χ1n) is 9.32. The topological polar surface area (TPSA) is 77.8 Å². The van der Waals surface area contributed by atoms with E-state index in [0.717, 1.165) is 50.8 Å². The van der Waals surface area contributed by atoms with Gasteiger partial charge in [-0.3, -0.25) is 9.69 Å². The number of fused-ring (bicyclic) bond motifs is 1. The van der Waals surface area contributed by atoms with Crippen LogP contribution >= 0.6 is 11.3 Å². The Balaban J connectivity index is 1.19. The molecule has 0 radical (unpaired) electrons. The third-order valence-electron chi connectivity index (χ3n) is 5.00. The fraction of sp³-hybridized carbons (Fsp3) is 0.400. The molecular formula is C20H22N4O3S. The van der Waals surface area contributed by atoms with E-state index in [2.05, 4.69) is 33.3 Å². The fourth-order valence-electron chi connectivity index (χ4n) is 3.41. The molecule has 2 aliphatic rings. The van der Waals surface area contributed by atoms with Gasteiger partial charge in [0.05, 0.1) is 5.56 Å². The van der Waals surface area contributed by atoms with Crippen LogP contribution in [0.15, 0.2) is 29.6 Å². The Hall–Kier alpha value is -2.60. The van der Waals surface area contributed by atoms with Crippen LogP contribution in [0.2, 0.25) is 0 Å². The molecule has 1 aromatic heterocycles. The number of rotatable bonds is 6. The molecule has 3 heterocycles. The lowest BCUT2D eigenvalue weighted by atomic mass is 10.1. The molecule has 0 saturated carbocycles. The van der Waals surface area contributed by atoms with Crippen LogP contribution in [-0.2, 0) is 11.3 Å². The number of hydrogen-bond donors (Lipinski definition) is 1. The summed E-state index contributed by atoms with van der Waals surface area (Å²) in [6.07, 6.45) is 0.435. The number of carbonyl (C=O) groups excluding carboxylic acids is 1. The minimum atomic E-state index is -0.0401. The van der Waals surface area contributed by atoms with Gasteiger partial charge in [-0.1, -0.05) is 6.07 Å². The van der Waals surface area contributed by atoms with Gasteiger partial charge in [-0.2, -0.15) is 5.26 Å². The van der Waals surface area contributed by atoms with Crippen molar-refractivity contribution >= 4 is 22.2 Å². The molecule has 0 bridgehead atoms. The highest BCUT2D eigenvalue weighted by molar-refractivity contribution is 7.14. The Morgan fingerprint density at radius 3 is 2.75 bits per heavy atom. The number of nitrogens with one attached hydrogen (secondary N) is 1. The summed E-state index contributed by atoms with van der Waals surface area (Å²) in [5.41, 5.74) is 1.75. The maximum Gasteiger partial charge on any atom is 0.231 e. The zero-order valence-electron chi connectivity index (χ0n) is 15.5. The third kappa shape index (κ3) is 4.44. The minimum absolute atomic E-state index is 0.0401. The molecule has 8 heteroatoms. The Morgan fingerprint density at radius 2 is 1.93 bits per heavy atom. The minimum Gasteiger partial charge on any atom is -0.454 e. The molecule has 28 heavy (non-hydrogen) atoms. The van der Waals surface area contributed by atoms with Crippen LogP contribution in [0.5, 0.6) is 11.5 Å². The molecule has 1 aromatic carbocycles. The molecule has 2 aliphatic heterocycles. The van der Waals surface area contributed by atoms with Crippen LogP contribution in [-0.4, -0.2) is 55.2 Å². The second-order valence-corrected chi connectivity index (χ2v) is 7.79. The van der Waals surface area contributed by atoms with Crippen molar-refractivity contribution in [2.75, 3.05) is 44.8 Å². The van der Waals surface area contributed by atoms with Gasteiger partial charge in [0.1, 0.15) is 11.1 Å². The average molecular weight is 398 g/mol. The Bertz CT molecular complexity index is 884. The molecule has 1 amide bonds. The normalized spacial score (nSPS) is 16.7. The van der Waals surface area contributed by atoms with Gasteiger partial charge in [0.2, 0.25) is 12.7 Å². The van der Waals surface area contributed by atoms with E-state index in [9.17, 15) is 4.79 Å². The van der Waals surface area contributed by atoms with E-state index in [1.165, 1.54) is 16.9 Å². The maximum atomic E-state index is 12.1. The number of anilines is 1. The summed E-state index contributed by atoms with van der Waals surface area (Å²) in [5, 5.41) is 14.3. The van der Waals surface area contributed by atoms with Crippen LogP contribution in [0.1, 0.15) is 17.5 Å². The van der Waals surface area contributed by atoms with Gasteiger partial charge >= 0.3 is 0 Å². The van der Waals surface area contributed by atoms with Crippen molar-refractivity contribution < 1.29 is 14.3 Å². The summed E-state index contributed by atoms with van der Waals surface area (Å²) in [6.45, 7) is 5.76. The average Bonchev–Trinajstić information content (AvgIpc) is 3.36. The summed E-state index contributed by atoms with van der Waals surface area (Å²) < 4.78 is 10.8. The number of ether oxygens (including phenoxy) is 2. The molecule has 1 fully saturated rings. The highest BCUT2D eigenvalue weighted by atomic mass is 32.1. The summed E-state index contributed by atoms with van der Waals surface area (Å²) in [5.74, 6) is 1.60. The van der Waals surface area contributed by atoms with Gasteiger partial charge < -0.3 is 19.7 Å². The lowest BCUT2D eigenvalue weighted by Gasteiger charge is -2.34. The highest BCUT2D eigenvalue weighted by Crippen LogP contribution is 2.32. The third-order valence-corrected chi connectivity index (χ3v) is 5.83. The van der Waals surface area contributed by atoms with Crippen molar-refractivity contribution in [3.8, 4) is 17.6 Å². The second-order valence-electron chi connectivity index (χ2n) is 6.88. The first kappa shape index (κ1) is 18.7. The maximum absolute atomic E-state index is 12.1. The van der Waals surface area contributed by atoms with Gasteiger partial charge in [-0.05, 0) is 29.1 Å². The van der Waals surface area contributed by atoms with Gasteiger partial charge in [0, 0.05) is 45.7 Å². The Morgan fingerprint density at radius 1 is 1.14 bits per heavy atom. The molecule has 4 rings (SSSR count). The molecular weight excluding hydrogens is 376 g/mol. The van der Waals surface area contributed by atoms with Crippen LogP contribution in [0, 0.1) is 11.3 Å². The number of benzene rings is 1. The van der Waals surface area contributed by atoms with E-state index in [1.807, 2.05) is 11.4 Å². The van der Waals surface area contributed by atoms with E-state index in [1.54, 1.807) is 6.07 Å². The van der Waals surface area contributed by atoms with Crippen molar-refractivity contribution in [1.29, 1.82) is 5.26 Å². The standard InChI is InChI=1S/C20H22N4O3S/c21-12-16-4-10-28-20(16)22-19(25)3-5-23-6-8-24(9-7-23)13-15-1-2-17-18(11-15)27-14-26-17/h1-2,4,10-11H,3,5-9,13-14H2,(H,22,25). The molecule has 0 spiro atoms. The summed E-state index contributed by atoms with van der Waals surface area (Å²) in [4.78, 5) is 16.9. The number of hydrogen-bond acceptors (Lipinski definition) is 7. The molecule has 1 saturated heterocycles. The van der Waals surface area contributed by atoms with Crippen LogP contribution in [0.25, 0.3) is 0 Å². The fourth-order valence-corrected chi connectivity index (χ4v) is 4.17. The van der Waals surface area contributed by atoms with Gasteiger partial charge in [0.15, 0.2) is 11.5 Å². The van der Waals surface area contributed by atoms with E-state index >= 15 is 0 Å². The number of thiophene rings is 1. The van der Waals surface area contributed by atoms with Crippen molar-refractivity contribution in [2.24, 2.45) is 0 Å². The molecule has 2 aromatic rings. The first-order chi connectivity index (χ1) is 13.7. The van der Waals surface area contributed by atoms with Crippen LogP contribution < -0.4 is 14.8 Å². The molecule has 7 nitrogen and oxygen atoms in total. The zero-order valence-corrected chi connectivity index (χ0v) is 16.3. The predicted molar refractivity (Wildman–Crippen MR) is 107 cm³/mol. The quantitative estimate of drug-likeness (QED) is 0.806. The van der Waals surface area contributed by atoms with Crippen molar-refractivity contribution in [3.05, 3.63) is 40.8 Å². The van der Waals surface area contributed by atoms with Crippen molar-refractivity contribution in [2.45, 2.75) is 13.0 Å². The largest absolute Gasteiger partial charge is 0.454 e. The molecule has 146 valence electrons. The van der Waals surface area contributed by atoms with Crippen LogP contribution in [0.3, 0.4) is 0 Å². The highest BCUT2D eigenvalue weighted by Gasteiger charge is 2.19. The number of piperazine rings is 1. The zero-order chi connectivity index (χ0) is 19.3. The van der Waals surface area contributed by atoms with Gasteiger partial charge in [0.25, 0.3) is 0 Å².